The lowest BCUT2D eigenvalue weighted by Gasteiger charge is -2.10. The number of rotatable bonds is 4. The monoisotopic (exact) mass is 332 g/mol. The van der Waals surface area contributed by atoms with Crippen molar-refractivity contribution in [3.63, 3.8) is 0 Å². The number of anilines is 3. The van der Waals surface area contributed by atoms with E-state index < -0.39 is 0 Å². The van der Waals surface area contributed by atoms with Crippen LogP contribution in [0.3, 0.4) is 0 Å². The quantitative estimate of drug-likeness (QED) is 0.743. The first-order valence-corrected chi connectivity index (χ1v) is 7.91. The number of para-hydroxylation sites is 1. The number of amides is 1. The summed E-state index contributed by atoms with van der Waals surface area (Å²) in [6.07, 6.45) is 0. The van der Waals surface area contributed by atoms with Crippen molar-refractivity contribution in [1.29, 1.82) is 0 Å². The summed E-state index contributed by atoms with van der Waals surface area (Å²) in [5.41, 5.74) is 3.12. The summed E-state index contributed by atoms with van der Waals surface area (Å²) in [4.78, 5) is 12.5. The SMILES string of the molecule is O=C(Nc1cccc(Nc2ccccc2)c1)c1ccc2c(c1)OCO2. The van der Waals surface area contributed by atoms with Crippen LogP contribution < -0.4 is 20.1 Å². The Morgan fingerprint density at radius 3 is 2.40 bits per heavy atom. The molecular weight excluding hydrogens is 316 g/mol. The van der Waals surface area contributed by atoms with Gasteiger partial charge >= 0.3 is 0 Å². The fraction of sp³-hybridized carbons (Fsp3) is 0.0500. The lowest BCUT2D eigenvalue weighted by molar-refractivity contribution is 0.102. The second-order valence-electron chi connectivity index (χ2n) is 5.59. The molecule has 1 aliphatic heterocycles. The molecule has 1 amide bonds. The van der Waals surface area contributed by atoms with Crippen molar-refractivity contribution in [2.24, 2.45) is 0 Å². The van der Waals surface area contributed by atoms with Gasteiger partial charge in [-0.25, -0.2) is 0 Å². The van der Waals surface area contributed by atoms with Crippen molar-refractivity contribution in [2.75, 3.05) is 17.4 Å². The van der Waals surface area contributed by atoms with Crippen LogP contribution in [0.25, 0.3) is 0 Å². The van der Waals surface area contributed by atoms with E-state index in [1.54, 1.807) is 18.2 Å². The molecule has 0 saturated heterocycles. The van der Waals surface area contributed by atoms with Gasteiger partial charge in [-0.05, 0) is 48.5 Å². The molecule has 0 aromatic heterocycles. The van der Waals surface area contributed by atoms with Crippen molar-refractivity contribution in [3.05, 3.63) is 78.4 Å². The molecule has 1 heterocycles. The highest BCUT2D eigenvalue weighted by Gasteiger charge is 2.16. The van der Waals surface area contributed by atoms with Crippen molar-refractivity contribution in [3.8, 4) is 11.5 Å². The third-order valence-corrected chi connectivity index (χ3v) is 3.82. The molecule has 0 aliphatic carbocycles. The minimum absolute atomic E-state index is 0.188. The predicted molar refractivity (Wildman–Crippen MR) is 96.7 cm³/mol. The molecule has 1 aliphatic rings. The third kappa shape index (κ3) is 3.40. The maximum atomic E-state index is 12.5. The van der Waals surface area contributed by atoms with Crippen LogP contribution in [0.2, 0.25) is 0 Å². The Labute approximate surface area is 145 Å². The van der Waals surface area contributed by atoms with Crippen LogP contribution >= 0.6 is 0 Å². The van der Waals surface area contributed by atoms with E-state index >= 15 is 0 Å². The second-order valence-corrected chi connectivity index (χ2v) is 5.59. The largest absolute Gasteiger partial charge is 0.454 e. The van der Waals surface area contributed by atoms with E-state index in [0.29, 0.717) is 22.7 Å². The summed E-state index contributed by atoms with van der Waals surface area (Å²) in [7, 11) is 0. The molecule has 5 nitrogen and oxygen atoms in total. The standard InChI is InChI=1S/C20H16N2O3/c23-20(14-9-10-18-19(11-14)25-13-24-18)22-17-8-4-7-16(12-17)21-15-5-2-1-3-6-15/h1-12,21H,13H2,(H,22,23). The minimum Gasteiger partial charge on any atom is -0.454 e. The van der Waals surface area contributed by atoms with Crippen molar-refractivity contribution < 1.29 is 14.3 Å². The van der Waals surface area contributed by atoms with Crippen LogP contribution in [0.15, 0.2) is 72.8 Å². The number of ether oxygens (including phenoxy) is 2. The van der Waals surface area contributed by atoms with Gasteiger partial charge in [0.2, 0.25) is 6.79 Å². The predicted octanol–water partition coefficient (Wildman–Crippen LogP) is 4.41. The Hall–Kier alpha value is -3.47. The summed E-state index contributed by atoms with van der Waals surface area (Å²) in [6.45, 7) is 0.188. The molecule has 0 spiro atoms. The van der Waals surface area contributed by atoms with Gasteiger partial charge in [-0.3, -0.25) is 4.79 Å². The third-order valence-electron chi connectivity index (χ3n) is 3.82. The Kier molecular flexibility index (Phi) is 3.96. The molecule has 0 atom stereocenters. The van der Waals surface area contributed by atoms with Gasteiger partial charge in [0.25, 0.3) is 5.91 Å². The lowest BCUT2D eigenvalue weighted by atomic mass is 10.2. The van der Waals surface area contributed by atoms with Crippen LogP contribution in [0.1, 0.15) is 10.4 Å². The molecule has 4 rings (SSSR count). The lowest BCUT2D eigenvalue weighted by Crippen LogP contribution is -2.11. The van der Waals surface area contributed by atoms with E-state index in [9.17, 15) is 4.79 Å². The molecule has 2 N–H and O–H groups in total. The first kappa shape index (κ1) is 15.1. The molecule has 25 heavy (non-hydrogen) atoms. The summed E-state index contributed by atoms with van der Waals surface area (Å²) in [5, 5.41) is 6.20. The average molecular weight is 332 g/mol. The highest BCUT2D eigenvalue weighted by Crippen LogP contribution is 2.32. The Bertz CT molecular complexity index is 910. The first-order chi connectivity index (χ1) is 12.3. The molecule has 0 fully saturated rings. The molecular formula is C20H16N2O3. The number of fused-ring (bicyclic) bond motifs is 1. The number of benzene rings is 3. The van der Waals surface area contributed by atoms with E-state index in [4.69, 9.17) is 9.47 Å². The summed E-state index contributed by atoms with van der Waals surface area (Å²) >= 11 is 0. The van der Waals surface area contributed by atoms with E-state index in [-0.39, 0.29) is 12.7 Å². The minimum atomic E-state index is -0.199. The molecule has 5 heteroatoms. The van der Waals surface area contributed by atoms with E-state index in [0.717, 1.165) is 11.4 Å². The van der Waals surface area contributed by atoms with Crippen LogP contribution in [0.5, 0.6) is 11.5 Å². The zero-order valence-electron chi connectivity index (χ0n) is 13.4. The highest BCUT2D eigenvalue weighted by molar-refractivity contribution is 6.04. The Morgan fingerprint density at radius 1 is 0.760 bits per heavy atom. The fourth-order valence-corrected chi connectivity index (χ4v) is 2.60. The number of hydrogen-bond acceptors (Lipinski definition) is 4. The molecule has 0 radical (unpaired) electrons. The summed E-state index contributed by atoms with van der Waals surface area (Å²) < 4.78 is 10.6. The van der Waals surface area contributed by atoms with Gasteiger partial charge in [-0.1, -0.05) is 24.3 Å². The fourth-order valence-electron chi connectivity index (χ4n) is 2.60. The molecule has 3 aromatic carbocycles. The molecule has 0 saturated carbocycles. The molecule has 3 aromatic rings. The first-order valence-electron chi connectivity index (χ1n) is 7.91. The Morgan fingerprint density at radius 2 is 1.52 bits per heavy atom. The van der Waals surface area contributed by atoms with Gasteiger partial charge in [0, 0.05) is 22.6 Å². The second kappa shape index (κ2) is 6.57. The van der Waals surface area contributed by atoms with E-state index in [1.165, 1.54) is 0 Å². The van der Waals surface area contributed by atoms with E-state index in [2.05, 4.69) is 10.6 Å². The van der Waals surface area contributed by atoms with Gasteiger partial charge in [0.15, 0.2) is 11.5 Å². The van der Waals surface area contributed by atoms with Crippen LogP contribution in [-0.4, -0.2) is 12.7 Å². The summed E-state index contributed by atoms with van der Waals surface area (Å²) in [6, 6.07) is 22.6. The Balaban J connectivity index is 1.49. The van der Waals surface area contributed by atoms with Gasteiger partial charge in [0.1, 0.15) is 0 Å². The van der Waals surface area contributed by atoms with Gasteiger partial charge in [-0.15, -0.1) is 0 Å². The maximum Gasteiger partial charge on any atom is 0.255 e. The summed E-state index contributed by atoms with van der Waals surface area (Å²) in [5.74, 6) is 1.05. The normalized spacial score (nSPS) is 11.8. The van der Waals surface area contributed by atoms with Gasteiger partial charge < -0.3 is 20.1 Å². The smallest absolute Gasteiger partial charge is 0.255 e. The zero-order chi connectivity index (χ0) is 17.1. The molecule has 0 bridgehead atoms. The zero-order valence-corrected chi connectivity index (χ0v) is 13.4. The van der Waals surface area contributed by atoms with Crippen LogP contribution in [0, 0.1) is 0 Å². The van der Waals surface area contributed by atoms with Gasteiger partial charge in [-0.2, -0.15) is 0 Å². The average Bonchev–Trinajstić information content (AvgIpc) is 3.10. The van der Waals surface area contributed by atoms with Crippen LogP contribution in [-0.2, 0) is 0 Å². The van der Waals surface area contributed by atoms with Gasteiger partial charge in [0.05, 0.1) is 0 Å². The highest BCUT2D eigenvalue weighted by atomic mass is 16.7. The number of carbonyl (C=O) groups is 1. The maximum absolute atomic E-state index is 12.5. The van der Waals surface area contributed by atoms with Crippen molar-refractivity contribution in [2.45, 2.75) is 0 Å². The number of nitrogens with one attached hydrogen (secondary N) is 2. The topological polar surface area (TPSA) is 59.6 Å². The van der Waals surface area contributed by atoms with Crippen molar-refractivity contribution >= 4 is 23.0 Å². The van der Waals surface area contributed by atoms with E-state index in [1.807, 2.05) is 54.6 Å². The number of hydrogen-bond donors (Lipinski definition) is 2. The van der Waals surface area contributed by atoms with Crippen molar-refractivity contribution in [1.82, 2.24) is 0 Å². The number of carbonyl (C=O) groups excluding carboxylic acids is 1. The molecule has 0 unspecified atom stereocenters. The van der Waals surface area contributed by atoms with Crippen LogP contribution in [0.4, 0.5) is 17.1 Å². The molecule has 124 valence electrons.